The molecule has 2 aliphatic rings. The summed E-state index contributed by atoms with van der Waals surface area (Å²) in [6.45, 7) is 8.52. The predicted molar refractivity (Wildman–Crippen MR) is 66.1 cm³/mol. The van der Waals surface area contributed by atoms with E-state index < -0.39 is 0 Å². The van der Waals surface area contributed by atoms with Crippen LogP contribution in [0.15, 0.2) is 0 Å². The lowest BCUT2D eigenvalue weighted by atomic mass is 9.87. The zero-order valence-electron chi connectivity index (χ0n) is 11.1. The fourth-order valence-electron chi connectivity index (χ4n) is 3.84. The van der Waals surface area contributed by atoms with Gasteiger partial charge in [0.2, 0.25) is 5.91 Å². The van der Waals surface area contributed by atoms with E-state index in [1.54, 1.807) is 0 Å². The smallest absolute Gasteiger partial charge is 0.226 e. The summed E-state index contributed by atoms with van der Waals surface area (Å²) >= 11 is 0. The summed E-state index contributed by atoms with van der Waals surface area (Å²) in [5.41, 5.74) is 0. The minimum Gasteiger partial charge on any atom is -0.338 e. The van der Waals surface area contributed by atoms with Gasteiger partial charge in [-0.25, -0.2) is 0 Å². The van der Waals surface area contributed by atoms with E-state index in [0.29, 0.717) is 29.8 Å². The molecule has 2 bridgehead atoms. The molecule has 0 aromatic rings. The van der Waals surface area contributed by atoms with Gasteiger partial charge in [-0.3, -0.25) is 4.79 Å². The first kappa shape index (κ1) is 11.9. The highest BCUT2D eigenvalue weighted by atomic mass is 16.2. The molecule has 3 atom stereocenters. The lowest BCUT2D eigenvalue weighted by Crippen LogP contribution is -2.46. The van der Waals surface area contributed by atoms with Crippen molar-refractivity contribution in [2.24, 2.45) is 17.8 Å². The molecule has 2 rings (SSSR count). The van der Waals surface area contributed by atoms with Crippen molar-refractivity contribution < 1.29 is 4.79 Å². The molecule has 2 fully saturated rings. The Morgan fingerprint density at radius 1 is 1.06 bits per heavy atom. The van der Waals surface area contributed by atoms with Crippen LogP contribution in [0.5, 0.6) is 0 Å². The van der Waals surface area contributed by atoms with Gasteiger partial charge in [-0.1, -0.05) is 6.42 Å². The van der Waals surface area contributed by atoms with Crippen molar-refractivity contribution >= 4 is 5.91 Å². The van der Waals surface area contributed by atoms with Gasteiger partial charge in [0.1, 0.15) is 0 Å². The molecule has 3 unspecified atom stereocenters. The lowest BCUT2D eigenvalue weighted by Gasteiger charge is -2.35. The molecule has 0 radical (unpaired) electrons. The van der Waals surface area contributed by atoms with E-state index in [0.717, 1.165) is 5.92 Å². The number of carbonyl (C=O) groups is 1. The second kappa shape index (κ2) is 4.38. The molecular weight excluding hydrogens is 198 g/mol. The summed E-state index contributed by atoms with van der Waals surface area (Å²) in [5, 5.41) is 0. The van der Waals surface area contributed by atoms with Crippen LogP contribution in [-0.4, -0.2) is 22.9 Å². The number of hydrogen-bond donors (Lipinski definition) is 0. The molecule has 0 spiro atoms. The standard InChI is InChI=1S/C14H25NO/c1-9(2)15(10(3)4)14(16)13-8-11-5-6-12(13)7-11/h9-13H,5-8H2,1-4H3. The van der Waals surface area contributed by atoms with Crippen molar-refractivity contribution in [1.29, 1.82) is 0 Å². The zero-order chi connectivity index (χ0) is 11.9. The summed E-state index contributed by atoms with van der Waals surface area (Å²) in [6.07, 6.45) is 5.16. The van der Waals surface area contributed by atoms with Gasteiger partial charge in [0.05, 0.1) is 0 Å². The Kier molecular flexibility index (Phi) is 3.27. The molecule has 92 valence electrons. The molecule has 2 nitrogen and oxygen atoms in total. The molecule has 0 aromatic carbocycles. The first-order chi connectivity index (χ1) is 7.50. The van der Waals surface area contributed by atoms with Crippen LogP contribution in [0, 0.1) is 17.8 Å². The molecule has 0 heterocycles. The Labute approximate surface area is 99.4 Å². The Morgan fingerprint density at radius 2 is 1.69 bits per heavy atom. The highest BCUT2D eigenvalue weighted by Crippen LogP contribution is 2.49. The molecule has 1 amide bonds. The third-order valence-corrected chi connectivity index (χ3v) is 4.42. The van der Waals surface area contributed by atoms with E-state index >= 15 is 0 Å². The van der Waals surface area contributed by atoms with Crippen LogP contribution >= 0.6 is 0 Å². The van der Waals surface area contributed by atoms with Crippen molar-refractivity contribution in [3.05, 3.63) is 0 Å². The Bertz CT molecular complexity index is 264. The molecule has 0 aromatic heterocycles. The topological polar surface area (TPSA) is 20.3 Å². The minimum atomic E-state index is 0.339. The first-order valence-corrected chi connectivity index (χ1v) is 6.83. The van der Waals surface area contributed by atoms with E-state index in [9.17, 15) is 4.79 Å². The molecule has 2 heteroatoms. The van der Waals surface area contributed by atoms with Crippen LogP contribution in [0.4, 0.5) is 0 Å². The SMILES string of the molecule is CC(C)N(C(=O)C1CC2CCC1C2)C(C)C. The first-order valence-electron chi connectivity index (χ1n) is 6.83. The molecule has 0 saturated heterocycles. The molecule has 16 heavy (non-hydrogen) atoms. The quantitative estimate of drug-likeness (QED) is 0.720. The largest absolute Gasteiger partial charge is 0.338 e. The van der Waals surface area contributed by atoms with Gasteiger partial charge in [-0.15, -0.1) is 0 Å². The third kappa shape index (κ3) is 1.99. The van der Waals surface area contributed by atoms with Gasteiger partial charge in [-0.2, -0.15) is 0 Å². The molecule has 2 saturated carbocycles. The molecular formula is C14H25NO. The van der Waals surface area contributed by atoms with Crippen LogP contribution in [0.25, 0.3) is 0 Å². The van der Waals surface area contributed by atoms with E-state index in [1.807, 2.05) is 0 Å². The lowest BCUT2D eigenvalue weighted by molar-refractivity contribution is -0.140. The van der Waals surface area contributed by atoms with Crippen molar-refractivity contribution in [3.63, 3.8) is 0 Å². The highest BCUT2D eigenvalue weighted by molar-refractivity contribution is 5.80. The van der Waals surface area contributed by atoms with E-state index in [2.05, 4.69) is 32.6 Å². The average molecular weight is 223 g/mol. The van der Waals surface area contributed by atoms with Crippen molar-refractivity contribution in [1.82, 2.24) is 4.90 Å². The third-order valence-electron chi connectivity index (χ3n) is 4.42. The zero-order valence-corrected chi connectivity index (χ0v) is 11.1. The summed E-state index contributed by atoms with van der Waals surface area (Å²) in [6, 6.07) is 0.679. The number of fused-ring (bicyclic) bond motifs is 2. The van der Waals surface area contributed by atoms with Crippen LogP contribution < -0.4 is 0 Å². The fraction of sp³-hybridized carbons (Fsp3) is 0.929. The Balaban J connectivity index is 2.06. The van der Waals surface area contributed by atoms with Crippen LogP contribution in [0.3, 0.4) is 0 Å². The highest BCUT2D eigenvalue weighted by Gasteiger charge is 2.44. The van der Waals surface area contributed by atoms with Crippen molar-refractivity contribution in [2.75, 3.05) is 0 Å². The summed E-state index contributed by atoms with van der Waals surface area (Å²) in [4.78, 5) is 14.6. The summed E-state index contributed by atoms with van der Waals surface area (Å²) < 4.78 is 0. The van der Waals surface area contributed by atoms with Crippen LogP contribution in [-0.2, 0) is 4.79 Å². The van der Waals surface area contributed by atoms with Gasteiger partial charge in [-0.05, 0) is 58.8 Å². The maximum atomic E-state index is 12.5. The van der Waals surface area contributed by atoms with Crippen molar-refractivity contribution in [2.45, 2.75) is 65.5 Å². The summed E-state index contributed by atoms with van der Waals surface area (Å²) in [5.74, 6) is 2.35. The Morgan fingerprint density at radius 3 is 2.06 bits per heavy atom. The monoisotopic (exact) mass is 223 g/mol. The van der Waals surface area contributed by atoms with Gasteiger partial charge >= 0.3 is 0 Å². The van der Waals surface area contributed by atoms with Crippen molar-refractivity contribution in [3.8, 4) is 0 Å². The normalized spacial score (nSPS) is 32.8. The van der Waals surface area contributed by atoms with Crippen LogP contribution in [0.2, 0.25) is 0 Å². The molecule has 2 aliphatic carbocycles. The molecule has 0 N–H and O–H groups in total. The number of nitrogens with zero attached hydrogens (tertiary/aromatic N) is 1. The van der Waals surface area contributed by atoms with Gasteiger partial charge in [0, 0.05) is 18.0 Å². The predicted octanol–water partition coefficient (Wildman–Crippen LogP) is 3.07. The maximum Gasteiger partial charge on any atom is 0.226 e. The number of amides is 1. The average Bonchev–Trinajstić information content (AvgIpc) is 2.76. The summed E-state index contributed by atoms with van der Waals surface area (Å²) in [7, 11) is 0. The van der Waals surface area contributed by atoms with Gasteiger partial charge in [0.15, 0.2) is 0 Å². The minimum absolute atomic E-state index is 0.339. The molecule has 0 aliphatic heterocycles. The van der Waals surface area contributed by atoms with E-state index in [4.69, 9.17) is 0 Å². The maximum absolute atomic E-state index is 12.5. The van der Waals surface area contributed by atoms with Gasteiger partial charge in [0.25, 0.3) is 0 Å². The second-order valence-electron chi connectivity index (χ2n) is 6.21. The number of carbonyl (C=O) groups excluding carboxylic acids is 1. The van der Waals surface area contributed by atoms with E-state index in [-0.39, 0.29) is 0 Å². The van der Waals surface area contributed by atoms with E-state index in [1.165, 1.54) is 25.7 Å². The fourth-order valence-corrected chi connectivity index (χ4v) is 3.84. The number of rotatable bonds is 3. The number of hydrogen-bond acceptors (Lipinski definition) is 1. The van der Waals surface area contributed by atoms with Gasteiger partial charge < -0.3 is 4.90 Å². The van der Waals surface area contributed by atoms with Crippen LogP contribution in [0.1, 0.15) is 53.4 Å². The Hall–Kier alpha value is -0.530. The second-order valence-corrected chi connectivity index (χ2v) is 6.21.